The van der Waals surface area contributed by atoms with Crippen LogP contribution in [0.2, 0.25) is 0 Å². The van der Waals surface area contributed by atoms with Crippen molar-refractivity contribution in [3.63, 3.8) is 0 Å². The van der Waals surface area contributed by atoms with Crippen LogP contribution in [0.4, 0.5) is 0 Å². The van der Waals surface area contributed by atoms with Crippen molar-refractivity contribution in [1.82, 2.24) is 4.90 Å². The molecule has 2 aliphatic rings. The summed E-state index contributed by atoms with van der Waals surface area (Å²) >= 11 is 0. The minimum absolute atomic E-state index is 0.116. The van der Waals surface area contributed by atoms with E-state index < -0.39 is 7.12 Å². The molecule has 0 aromatic heterocycles. The van der Waals surface area contributed by atoms with Gasteiger partial charge < -0.3 is 14.4 Å². The summed E-state index contributed by atoms with van der Waals surface area (Å²) in [4.78, 5) is 2.21. The number of benzene rings is 1. The first-order valence-corrected chi connectivity index (χ1v) is 5.60. The highest BCUT2D eigenvalue weighted by Gasteiger charge is 2.38. The fourth-order valence-corrected chi connectivity index (χ4v) is 2.32. The van der Waals surface area contributed by atoms with Crippen molar-refractivity contribution in [2.75, 3.05) is 26.3 Å². The molecule has 1 saturated heterocycles. The highest BCUT2D eigenvalue weighted by molar-refractivity contribution is 6.61. The van der Waals surface area contributed by atoms with Gasteiger partial charge in [-0.15, -0.1) is 0 Å². The zero-order valence-electron chi connectivity index (χ0n) is 9.00. The third-order valence-corrected chi connectivity index (χ3v) is 3.16. The summed E-state index contributed by atoms with van der Waals surface area (Å²) in [5, 5.41) is 9.80. The molecule has 4 nitrogen and oxygen atoms in total. The Balaban J connectivity index is 1.87. The molecule has 2 aliphatic heterocycles. The number of ether oxygens (including phenoxy) is 1. The van der Waals surface area contributed by atoms with Gasteiger partial charge in [-0.05, 0) is 11.0 Å². The molecular weight excluding hydrogens is 205 g/mol. The van der Waals surface area contributed by atoms with Gasteiger partial charge >= 0.3 is 7.12 Å². The zero-order chi connectivity index (χ0) is 11.0. The quantitative estimate of drug-likeness (QED) is 0.660. The number of fused-ring (bicyclic) bond motifs is 1. The van der Waals surface area contributed by atoms with E-state index in [1.165, 1.54) is 0 Å². The van der Waals surface area contributed by atoms with Gasteiger partial charge in [0.1, 0.15) is 6.23 Å². The molecule has 1 atom stereocenters. The fourth-order valence-electron chi connectivity index (χ4n) is 2.32. The molecule has 1 unspecified atom stereocenters. The van der Waals surface area contributed by atoms with Crippen LogP contribution < -0.4 is 5.46 Å². The number of nitrogens with zero attached hydrogens (tertiary/aromatic N) is 1. The minimum atomic E-state index is -0.788. The topological polar surface area (TPSA) is 41.9 Å². The standard InChI is InChI=1S/C11H14BNO3/c14-12-10-4-2-1-3-9(10)11(16-12)13-5-7-15-8-6-13/h1-4,11,14H,5-8H2. The summed E-state index contributed by atoms with van der Waals surface area (Å²) in [5.41, 5.74) is 1.97. The first-order chi connectivity index (χ1) is 7.86. The summed E-state index contributed by atoms with van der Waals surface area (Å²) in [7, 11) is -0.788. The van der Waals surface area contributed by atoms with E-state index >= 15 is 0 Å². The van der Waals surface area contributed by atoms with Crippen LogP contribution >= 0.6 is 0 Å². The predicted molar refractivity (Wildman–Crippen MR) is 60.3 cm³/mol. The van der Waals surface area contributed by atoms with Crippen LogP contribution in [0.15, 0.2) is 24.3 Å². The van der Waals surface area contributed by atoms with E-state index in [1.807, 2.05) is 24.3 Å². The predicted octanol–water partition coefficient (Wildman–Crippen LogP) is -0.265. The van der Waals surface area contributed by atoms with Crippen molar-refractivity contribution >= 4 is 12.6 Å². The molecule has 0 aliphatic carbocycles. The van der Waals surface area contributed by atoms with Crippen molar-refractivity contribution in [2.24, 2.45) is 0 Å². The number of rotatable bonds is 1. The lowest BCUT2D eigenvalue weighted by Crippen LogP contribution is -2.39. The Morgan fingerprint density at radius 3 is 2.81 bits per heavy atom. The lowest BCUT2D eigenvalue weighted by Gasteiger charge is -2.32. The van der Waals surface area contributed by atoms with E-state index in [0.717, 1.165) is 37.3 Å². The van der Waals surface area contributed by atoms with Gasteiger partial charge in [0, 0.05) is 13.1 Å². The molecule has 16 heavy (non-hydrogen) atoms. The Labute approximate surface area is 94.9 Å². The van der Waals surface area contributed by atoms with Crippen molar-refractivity contribution in [3.8, 4) is 0 Å². The van der Waals surface area contributed by atoms with E-state index in [4.69, 9.17) is 9.39 Å². The highest BCUT2D eigenvalue weighted by atomic mass is 16.5. The van der Waals surface area contributed by atoms with Crippen LogP contribution in [-0.2, 0) is 9.39 Å². The molecule has 0 spiro atoms. The number of morpholine rings is 1. The van der Waals surface area contributed by atoms with Crippen LogP contribution in [0, 0.1) is 0 Å². The van der Waals surface area contributed by atoms with Crippen LogP contribution in [0.25, 0.3) is 0 Å². The Morgan fingerprint density at radius 2 is 2.00 bits per heavy atom. The van der Waals surface area contributed by atoms with Crippen LogP contribution in [0.1, 0.15) is 11.8 Å². The Morgan fingerprint density at radius 1 is 1.25 bits per heavy atom. The highest BCUT2D eigenvalue weighted by Crippen LogP contribution is 2.27. The van der Waals surface area contributed by atoms with Crippen molar-refractivity contribution in [1.29, 1.82) is 0 Å². The monoisotopic (exact) mass is 219 g/mol. The van der Waals surface area contributed by atoms with E-state index in [-0.39, 0.29) is 6.23 Å². The SMILES string of the molecule is OB1OC(N2CCOCC2)c2ccccc21. The van der Waals surface area contributed by atoms with E-state index in [0.29, 0.717) is 0 Å². The van der Waals surface area contributed by atoms with Crippen molar-refractivity contribution < 1.29 is 14.4 Å². The lowest BCUT2D eigenvalue weighted by atomic mass is 9.79. The molecule has 0 saturated carbocycles. The summed E-state index contributed by atoms with van der Waals surface area (Å²) in [6, 6.07) is 7.84. The summed E-state index contributed by atoms with van der Waals surface area (Å²) in [6.07, 6.45) is -0.116. The smallest absolute Gasteiger partial charge is 0.423 e. The molecule has 1 N–H and O–H groups in total. The second-order valence-electron chi connectivity index (χ2n) is 4.12. The summed E-state index contributed by atoms with van der Waals surface area (Å²) in [5.74, 6) is 0. The number of hydrogen-bond acceptors (Lipinski definition) is 4. The van der Waals surface area contributed by atoms with Gasteiger partial charge in [-0.25, -0.2) is 0 Å². The molecule has 2 heterocycles. The molecule has 5 heteroatoms. The molecule has 1 aromatic rings. The second kappa shape index (κ2) is 4.18. The summed E-state index contributed by atoms with van der Waals surface area (Å²) < 4.78 is 10.9. The summed E-state index contributed by atoms with van der Waals surface area (Å²) in [6.45, 7) is 3.17. The maximum absolute atomic E-state index is 9.80. The number of hydrogen-bond donors (Lipinski definition) is 1. The largest absolute Gasteiger partial charge is 0.492 e. The molecule has 84 valence electrons. The van der Waals surface area contributed by atoms with Crippen LogP contribution in [0.3, 0.4) is 0 Å². The molecule has 3 rings (SSSR count). The zero-order valence-corrected chi connectivity index (χ0v) is 9.00. The molecule has 1 aromatic carbocycles. The van der Waals surface area contributed by atoms with Crippen molar-refractivity contribution in [3.05, 3.63) is 29.8 Å². The average Bonchev–Trinajstić information content (AvgIpc) is 2.69. The van der Waals surface area contributed by atoms with Gasteiger partial charge in [0.15, 0.2) is 0 Å². The molecule has 1 fully saturated rings. The van der Waals surface area contributed by atoms with E-state index in [1.54, 1.807) is 0 Å². The van der Waals surface area contributed by atoms with Gasteiger partial charge in [-0.3, -0.25) is 4.90 Å². The molecule has 0 amide bonds. The van der Waals surface area contributed by atoms with Crippen molar-refractivity contribution in [2.45, 2.75) is 6.23 Å². The van der Waals surface area contributed by atoms with Gasteiger partial charge in [-0.1, -0.05) is 24.3 Å². The first-order valence-electron chi connectivity index (χ1n) is 5.60. The third kappa shape index (κ3) is 1.66. The third-order valence-electron chi connectivity index (χ3n) is 3.16. The van der Waals surface area contributed by atoms with E-state index in [2.05, 4.69) is 4.90 Å². The Bertz CT molecular complexity index is 381. The van der Waals surface area contributed by atoms with Gasteiger partial charge in [0.2, 0.25) is 0 Å². The Hall–Kier alpha value is -0.875. The minimum Gasteiger partial charge on any atom is -0.423 e. The second-order valence-corrected chi connectivity index (χ2v) is 4.12. The molecular formula is C11H14BNO3. The van der Waals surface area contributed by atoms with Crippen LogP contribution in [0.5, 0.6) is 0 Å². The maximum Gasteiger partial charge on any atom is 0.492 e. The van der Waals surface area contributed by atoms with Crippen LogP contribution in [-0.4, -0.2) is 43.3 Å². The fraction of sp³-hybridized carbons (Fsp3) is 0.455. The molecule has 0 radical (unpaired) electrons. The average molecular weight is 219 g/mol. The maximum atomic E-state index is 9.80. The first kappa shape index (κ1) is 10.3. The van der Waals surface area contributed by atoms with E-state index in [9.17, 15) is 5.02 Å². The Kier molecular flexibility index (Phi) is 2.69. The lowest BCUT2D eigenvalue weighted by molar-refractivity contribution is -0.0487. The van der Waals surface area contributed by atoms with Gasteiger partial charge in [-0.2, -0.15) is 0 Å². The normalized spacial score (nSPS) is 25.8. The van der Waals surface area contributed by atoms with Gasteiger partial charge in [0.25, 0.3) is 0 Å². The molecule has 0 bridgehead atoms. The van der Waals surface area contributed by atoms with Gasteiger partial charge in [0.05, 0.1) is 13.2 Å².